The van der Waals surface area contributed by atoms with Crippen LogP contribution in [0.2, 0.25) is 0 Å². The molecule has 0 atom stereocenters. The Morgan fingerprint density at radius 1 is 1.21 bits per heavy atom. The number of hydrogen-bond donors (Lipinski definition) is 2. The maximum Gasteiger partial charge on any atom is 0.221 e. The first kappa shape index (κ1) is 19.7. The van der Waals surface area contributed by atoms with Gasteiger partial charge in [-0.25, -0.2) is 0 Å². The maximum absolute atomic E-state index is 12.0. The van der Waals surface area contributed by atoms with E-state index in [1.165, 1.54) is 19.3 Å². The average Bonchev–Trinajstić information content (AvgIpc) is 2.56. The lowest BCUT2D eigenvalue weighted by atomic mass is 9.95. The molecule has 0 unspecified atom stereocenters. The second-order valence-corrected chi connectivity index (χ2v) is 7.86. The fourth-order valence-corrected chi connectivity index (χ4v) is 4.49. The first-order chi connectivity index (χ1) is 11.6. The Morgan fingerprint density at radius 2 is 1.88 bits per heavy atom. The monoisotopic (exact) mass is 460 g/mol. The second-order valence-electron chi connectivity index (χ2n) is 6.15. The van der Waals surface area contributed by atoms with Crippen LogP contribution in [0.15, 0.2) is 21.1 Å². The number of hydrogen-bond acceptors (Lipinski definition) is 3. The van der Waals surface area contributed by atoms with Gasteiger partial charge in [-0.3, -0.25) is 4.79 Å². The van der Waals surface area contributed by atoms with Gasteiger partial charge in [-0.15, -0.1) is 0 Å². The minimum atomic E-state index is 0.156. The van der Waals surface area contributed by atoms with Crippen LogP contribution < -0.4 is 15.4 Å². The molecule has 134 valence electrons. The number of halogens is 2. The van der Waals surface area contributed by atoms with Crippen molar-refractivity contribution in [2.24, 2.45) is 0 Å². The van der Waals surface area contributed by atoms with Gasteiger partial charge in [0, 0.05) is 25.6 Å². The highest BCUT2D eigenvalue weighted by Crippen LogP contribution is 2.34. The molecule has 0 bridgehead atoms. The van der Waals surface area contributed by atoms with Crippen LogP contribution in [0.1, 0.15) is 51.0 Å². The molecule has 2 N–H and O–H groups in total. The molecule has 0 spiro atoms. The number of amides is 1. The summed E-state index contributed by atoms with van der Waals surface area (Å²) in [6.45, 7) is 4.00. The lowest BCUT2D eigenvalue weighted by Gasteiger charge is -2.22. The first-order valence-corrected chi connectivity index (χ1v) is 10.3. The highest BCUT2D eigenvalue weighted by atomic mass is 79.9. The van der Waals surface area contributed by atoms with Gasteiger partial charge >= 0.3 is 0 Å². The molecule has 1 aliphatic carbocycles. The Kier molecular flexibility index (Phi) is 8.56. The van der Waals surface area contributed by atoms with Crippen LogP contribution in [-0.4, -0.2) is 25.1 Å². The third-order valence-corrected chi connectivity index (χ3v) is 5.35. The van der Waals surface area contributed by atoms with Crippen LogP contribution in [0.5, 0.6) is 5.75 Å². The summed E-state index contributed by atoms with van der Waals surface area (Å²) in [6, 6.07) is 4.49. The van der Waals surface area contributed by atoms with Crippen molar-refractivity contribution in [3.05, 3.63) is 26.6 Å². The van der Waals surface area contributed by atoms with E-state index in [2.05, 4.69) is 42.5 Å². The zero-order chi connectivity index (χ0) is 17.4. The zero-order valence-corrected chi connectivity index (χ0v) is 17.3. The topological polar surface area (TPSA) is 50.4 Å². The smallest absolute Gasteiger partial charge is 0.221 e. The Balaban J connectivity index is 1.71. The summed E-state index contributed by atoms with van der Waals surface area (Å²) in [5, 5.41) is 6.48. The SMILES string of the molecule is CCOc1c(Br)cc(CNCCC(=O)NC2CCCCC2)cc1Br. The van der Waals surface area contributed by atoms with Crippen LogP contribution in [0, 0.1) is 0 Å². The molecule has 0 aromatic heterocycles. The van der Waals surface area contributed by atoms with Crippen LogP contribution in [-0.2, 0) is 11.3 Å². The van der Waals surface area contributed by atoms with Gasteiger partial charge in [0.1, 0.15) is 5.75 Å². The molecule has 24 heavy (non-hydrogen) atoms. The average molecular weight is 462 g/mol. The van der Waals surface area contributed by atoms with Crippen molar-refractivity contribution in [1.29, 1.82) is 0 Å². The van der Waals surface area contributed by atoms with E-state index in [9.17, 15) is 4.79 Å². The molecular formula is C18H26Br2N2O2. The summed E-state index contributed by atoms with van der Waals surface area (Å²) in [5.74, 6) is 0.983. The van der Waals surface area contributed by atoms with Gasteiger partial charge < -0.3 is 15.4 Å². The molecule has 1 amide bonds. The minimum absolute atomic E-state index is 0.156. The van der Waals surface area contributed by atoms with Gasteiger partial charge in [0.2, 0.25) is 5.91 Å². The van der Waals surface area contributed by atoms with Crippen LogP contribution in [0.3, 0.4) is 0 Å². The van der Waals surface area contributed by atoms with Gasteiger partial charge in [-0.1, -0.05) is 19.3 Å². The Labute approximate surface area is 161 Å². The third kappa shape index (κ3) is 6.37. The van der Waals surface area contributed by atoms with Gasteiger partial charge in [0.15, 0.2) is 0 Å². The van der Waals surface area contributed by atoms with Gasteiger partial charge in [-0.2, -0.15) is 0 Å². The molecule has 6 heteroatoms. The minimum Gasteiger partial charge on any atom is -0.492 e. The van der Waals surface area contributed by atoms with E-state index in [4.69, 9.17) is 4.74 Å². The van der Waals surface area contributed by atoms with Crippen molar-refractivity contribution in [2.75, 3.05) is 13.2 Å². The van der Waals surface area contributed by atoms with E-state index in [-0.39, 0.29) is 5.91 Å². The number of benzene rings is 1. The Morgan fingerprint density at radius 3 is 2.50 bits per heavy atom. The predicted molar refractivity (Wildman–Crippen MR) is 104 cm³/mol. The molecule has 0 radical (unpaired) electrons. The Bertz CT molecular complexity index is 523. The van der Waals surface area contributed by atoms with E-state index in [1.54, 1.807) is 0 Å². The van der Waals surface area contributed by atoms with Gasteiger partial charge in [0.05, 0.1) is 15.6 Å². The molecule has 1 aromatic carbocycles. The van der Waals surface area contributed by atoms with E-state index in [0.717, 1.165) is 39.6 Å². The summed E-state index contributed by atoms with van der Waals surface area (Å²) >= 11 is 7.08. The lowest BCUT2D eigenvalue weighted by molar-refractivity contribution is -0.121. The fraction of sp³-hybridized carbons (Fsp3) is 0.611. The zero-order valence-electron chi connectivity index (χ0n) is 14.2. The van der Waals surface area contributed by atoms with Crippen molar-refractivity contribution < 1.29 is 9.53 Å². The van der Waals surface area contributed by atoms with Gasteiger partial charge in [0.25, 0.3) is 0 Å². The molecular weight excluding hydrogens is 436 g/mol. The molecule has 1 aromatic rings. The Hall–Kier alpha value is -0.590. The molecule has 1 fully saturated rings. The summed E-state index contributed by atoms with van der Waals surface area (Å²) in [7, 11) is 0. The predicted octanol–water partition coefficient (Wildman–Crippen LogP) is 4.54. The normalized spacial score (nSPS) is 15.3. The summed E-state index contributed by atoms with van der Waals surface area (Å²) in [4.78, 5) is 12.0. The van der Waals surface area contributed by atoms with E-state index < -0.39 is 0 Å². The summed E-state index contributed by atoms with van der Waals surface area (Å²) in [6.07, 6.45) is 6.58. The number of rotatable bonds is 8. The van der Waals surface area contributed by atoms with Crippen LogP contribution in [0.25, 0.3) is 0 Å². The number of carbonyl (C=O) groups is 1. The number of nitrogens with one attached hydrogen (secondary N) is 2. The largest absolute Gasteiger partial charge is 0.492 e. The maximum atomic E-state index is 12.0. The molecule has 0 saturated heterocycles. The van der Waals surface area contributed by atoms with Crippen LogP contribution >= 0.6 is 31.9 Å². The van der Waals surface area contributed by atoms with E-state index in [0.29, 0.717) is 25.6 Å². The first-order valence-electron chi connectivity index (χ1n) is 8.71. The highest BCUT2D eigenvalue weighted by molar-refractivity contribution is 9.11. The summed E-state index contributed by atoms with van der Waals surface area (Å²) < 4.78 is 7.46. The second kappa shape index (κ2) is 10.4. The molecule has 1 aliphatic rings. The quantitative estimate of drug-likeness (QED) is 0.558. The fourth-order valence-electron chi connectivity index (χ4n) is 2.98. The lowest BCUT2D eigenvalue weighted by Crippen LogP contribution is -2.37. The van der Waals surface area contributed by atoms with E-state index in [1.807, 2.05) is 19.1 Å². The van der Waals surface area contributed by atoms with Crippen molar-refractivity contribution in [3.63, 3.8) is 0 Å². The highest BCUT2D eigenvalue weighted by Gasteiger charge is 2.15. The van der Waals surface area contributed by atoms with Crippen molar-refractivity contribution in [1.82, 2.24) is 10.6 Å². The summed E-state index contributed by atoms with van der Waals surface area (Å²) in [5.41, 5.74) is 1.14. The van der Waals surface area contributed by atoms with Crippen molar-refractivity contribution in [3.8, 4) is 5.75 Å². The van der Waals surface area contributed by atoms with Crippen molar-refractivity contribution >= 4 is 37.8 Å². The molecule has 1 saturated carbocycles. The van der Waals surface area contributed by atoms with E-state index >= 15 is 0 Å². The molecule has 0 aliphatic heterocycles. The number of ether oxygens (including phenoxy) is 1. The molecule has 4 nitrogen and oxygen atoms in total. The molecule has 2 rings (SSSR count). The third-order valence-electron chi connectivity index (χ3n) is 4.17. The van der Waals surface area contributed by atoms with Crippen LogP contribution in [0.4, 0.5) is 0 Å². The van der Waals surface area contributed by atoms with Gasteiger partial charge in [-0.05, 0) is 69.3 Å². The number of carbonyl (C=O) groups excluding carboxylic acids is 1. The standard InChI is InChI=1S/C18H26Br2N2O2/c1-2-24-18-15(19)10-13(11-16(18)20)12-21-9-8-17(23)22-14-6-4-3-5-7-14/h10-11,14,21H,2-9,12H2,1H3,(H,22,23). The van der Waals surface area contributed by atoms with Crippen molar-refractivity contribution in [2.45, 2.75) is 58.0 Å². The molecule has 0 heterocycles.